The minimum atomic E-state index is 0. The fourth-order valence-electron chi connectivity index (χ4n) is 2.28. The lowest BCUT2D eigenvalue weighted by Crippen LogP contribution is -2.43. The van der Waals surface area contributed by atoms with Crippen LogP contribution in [0.15, 0.2) is 29.4 Å². The number of hydrogen-bond donors (Lipinski definition) is 2. The summed E-state index contributed by atoms with van der Waals surface area (Å²) in [6.45, 7) is 8.17. The van der Waals surface area contributed by atoms with Gasteiger partial charge in [0.05, 0.1) is 18.8 Å². The molecule has 0 spiro atoms. The van der Waals surface area contributed by atoms with Crippen LogP contribution >= 0.6 is 24.0 Å². The third-order valence-corrected chi connectivity index (χ3v) is 3.29. The lowest BCUT2D eigenvalue weighted by atomic mass is 10.4. The molecule has 2 rings (SSSR count). The molecule has 23 heavy (non-hydrogen) atoms. The van der Waals surface area contributed by atoms with Gasteiger partial charge in [0, 0.05) is 31.6 Å². The van der Waals surface area contributed by atoms with Crippen molar-refractivity contribution < 1.29 is 4.74 Å². The van der Waals surface area contributed by atoms with E-state index in [2.05, 4.69) is 44.9 Å². The zero-order valence-electron chi connectivity index (χ0n) is 14.2. The zero-order valence-corrected chi connectivity index (χ0v) is 16.5. The van der Waals surface area contributed by atoms with Crippen LogP contribution in [0.5, 0.6) is 0 Å². The lowest BCUT2D eigenvalue weighted by Gasteiger charge is -2.16. The van der Waals surface area contributed by atoms with E-state index in [0.29, 0.717) is 13.2 Å². The predicted octanol–water partition coefficient (Wildman–Crippen LogP) is 2.35. The van der Waals surface area contributed by atoms with Crippen molar-refractivity contribution in [3.63, 3.8) is 0 Å². The van der Waals surface area contributed by atoms with E-state index in [4.69, 9.17) is 4.74 Å². The van der Waals surface area contributed by atoms with E-state index < -0.39 is 0 Å². The van der Waals surface area contributed by atoms with Crippen molar-refractivity contribution >= 4 is 35.6 Å². The Morgan fingerprint density at radius 2 is 2.22 bits per heavy atom. The summed E-state index contributed by atoms with van der Waals surface area (Å²) in [5.74, 6) is 0.779. The lowest BCUT2D eigenvalue weighted by molar-refractivity contribution is 0.179. The second kappa shape index (κ2) is 9.71. The number of halogens is 1. The largest absolute Gasteiger partial charge is 0.383 e. The molecule has 0 saturated carbocycles. The molecule has 0 aliphatic carbocycles. The monoisotopic (exact) mass is 431 g/mol. The maximum Gasteiger partial charge on any atom is 0.191 e. The number of hydrogen-bond acceptors (Lipinski definition) is 3. The number of nitrogens with one attached hydrogen (secondary N) is 2. The first kappa shape index (κ1) is 19.7. The molecular formula is C16H26IN5O. The van der Waals surface area contributed by atoms with Gasteiger partial charge in [-0.2, -0.15) is 0 Å². The van der Waals surface area contributed by atoms with Crippen molar-refractivity contribution in [2.24, 2.45) is 4.99 Å². The minimum Gasteiger partial charge on any atom is -0.383 e. The van der Waals surface area contributed by atoms with Crippen molar-refractivity contribution in [1.82, 2.24) is 20.0 Å². The molecule has 2 heterocycles. The van der Waals surface area contributed by atoms with E-state index in [1.54, 1.807) is 7.11 Å². The van der Waals surface area contributed by atoms with Crippen LogP contribution in [0, 0.1) is 6.92 Å². The second-order valence-electron chi connectivity index (χ2n) is 5.32. The first-order valence-corrected chi connectivity index (χ1v) is 7.61. The third kappa shape index (κ3) is 5.65. The van der Waals surface area contributed by atoms with E-state index in [1.165, 1.54) is 5.69 Å². The van der Waals surface area contributed by atoms with Crippen LogP contribution in [-0.4, -0.2) is 41.6 Å². The summed E-state index contributed by atoms with van der Waals surface area (Å²) in [7, 11) is 1.70. The number of fused-ring (bicyclic) bond motifs is 1. The minimum absolute atomic E-state index is 0. The molecule has 7 heteroatoms. The smallest absolute Gasteiger partial charge is 0.191 e. The van der Waals surface area contributed by atoms with Crippen LogP contribution in [0.2, 0.25) is 0 Å². The number of ether oxygens (including phenoxy) is 1. The first-order valence-electron chi connectivity index (χ1n) is 7.61. The molecule has 1 atom stereocenters. The number of rotatable bonds is 6. The van der Waals surface area contributed by atoms with Crippen molar-refractivity contribution in [3.8, 4) is 0 Å². The van der Waals surface area contributed by atoms with Crippen molar-refractivity contribution in [2.75, 3.05) is 20.3 Å². The van der Waals surface area contributed by atoms with E-state index in [-0.39, 0.29) is 30.0 Å². The SMILES string of the molecule is CCNC(=NCc1cn2c(C)cccc2n1)NC(C)COC.I. The molecule has 0 saturated heterocycles. The van der Waals surface area contributed by atoms with Crippen molar-refractivity contribution in [2.45, 2.75) is 33.4 Å². The number of guanidine groups is 1. The Labute approximate surface area is 154 Å². The number of aliphatic imine (C=N–C) groups is 1. The average Bonchev–Trinajstić information content (AvgIpc) is 2.90. The third-order valence-electron chi connectivity index (χ3n) is 3.29. The van der Waals surface area contributed by atoms with E-state index in [0.717, 1.165) is 23.8 Å². The van der Waals surface area contributed by atoms with Gasteiger partial charge in [0.1, 0.15) is 5.65 Å². The highest BCUT2D eigenvalue weighted by atomic mass is 127. The van der Waals surface area contributed by atoms with Crippen LogP contribution < -0.4 is 10.6 Å². The van der Waals surface area contributed by atoms with Gasteiger partial charge in [-0.3, -0.25) is 0 Å². The second-order valence-corrected chi connectivity index (χ2v) is 5.32. The van der Waals surface area contributed by atoms with Crippen LogP contribution in [-0.2, 0) is 11.3 Å². The van der Waals surface area contributed by atoms with Gasteiger partial charge in [-0.1, -0.05) is 6.07 Å². The summed E-state index contributed by atoms with van der Waals surface area (Å²) < 4.78 is 7.22. The molecule has 0 fully saturated rings. The predicted molar refractivity (Wildman–Crippen MR) is 105 cm³/mol. The van der Waals surface area contributed by atoms with Crippen molar-refractivity contribution in [1.29, 1.82) is 0 Å². The Bertz CT molecular complexity index is 640. The van der Waals surface area contributed by atoms with Crippen LogP contribution in [0.4, 0.5) is 0 Å². The van der Waals surface area contributed by atoms with Gasteiger partial charge in [0.15, 0.2) is 5.96 Å². The Kier molecular flexibility index (Phi) is 8.32. The Morgan fingerprint density at radius 1 is 1.43 bits per heavy atom. The van der Waals surface area contributed by atoms with Gasteiger partial charge in [-0.25, -0.2) is 9.98 Å². The highest BCUT2D eigenvalue weighted by molar-refractivity contribution is 14.0. The summed E-state index contributed by atoms with van der Waals surface area (Å²) in [5, 5.41) is 6.55. The molecular weight excluding hydrogens is 405 g/mol. The molecule has 2 N–H and O–H groups in total. The molecule has 0 aliphatic rings. The van der Waals surface area contributed by atoms with Crippen LogP contribution in [0.25, 0.3) is 5.65 Å². The number of pyridine rings is 1. The highest BCUT2D eigenvalue weighted by Gasteiger charge is 2.06. The molecule has 0 aromatic carbocycles. The standard InChI is InChI=1S/C16H25N5O.HI/c1-5-17-16(19-12(2)11-22-4)18-9-14-10-21-13(3)7-6-8-15(21)20-14;/h6-8,10,12H,5,9,11H2,1-4H3,(H2,17,18,19);1H. The van der Waals surface area contributed by atoms with E-state index in [9.17, 15) is 0 Å². The van der Waals surface area contributed by atoms with Gasteiger partial charge in [-0.15, -0.1) is 24.0 Å². The van der Waals surface area contributed by atoms with Crippen molar-refractivity contribution in [3.05, 3.63) is 35.8 Å². The summed E-state index contributed by atoms with van der Waals surface area (Å²) >= 11 is 0. The Morgan fingerprint density at radius 3 is 2.87 bits per heavy atom. The molecule has 128 valence electrons. The van der Waals surface area contributed by atoms with Gasteiger partial charge in [0.25, 0.3) is 0 Å². The zero-order chi connectivity index (χ0) is 15.9. The average molecular weight is 431 g/mol. The maximum atomic E-state index is 5.14. The first-order chi connectivity index (χ1) is 10.6. The quantitative estimate of drug-likeness (QED) is 0.419. The molecule has 0 radical (unpaired) electrons. The fourth-order valence-corrected chi connectivity index (χ4v) is 2.28. The van der Waals surface area contributed by atoms with Crippen LogP contribution in [0.3, 0.4) is 0 Å². The molecule has 6 nitrogen and oxygen atoms in total. The summed E-state index contributed by atoms with van der Waals surface area (Å²) in [4.78, 5) is 9.19. The fraction of sp³-hybridized carbons (Fsp3) is 0.500. The summed E-state index contributed by atoms with van der Waals surface area (Å²) in [6, 6.07) is 6.29. The maximum absolute atomic E-state index is 5.14. The molecule has 0 aliphatic heterocycles. The molecule has 0 amide bonds. The summed E-state index contributed by atoms with van der Waals surface area (Å²) in [6.07, 6.45) is 2.04. The number of imidazole rings is 1. The normalized spacial score (nSPS) is 12.8. The molecule has 0 bridgehead atoms. The van der Waals surface area contributed by atoms with Crippen LogP contribution in [0.1, 0.15) is 25.2 Å². The Hall–Kier alpha value is -1.35. The molecule has 2 aromatic rings. The topological polar surface area (TPSA) is 63.0 Å². The molecule has 1 unspecified atom stereocenters. The molecule has 2 aromatic heterocycles. The summed E-state index contributed by atoms with van der Waals surface area (Å²) in [5.41, 5.74) is 3.07. The number of methoxy groups -OCH3 is 1. The number of aryl methyl sites for hydroxylation is 1. The number of aromatic nitrogens is 2. The number of nitrogens with zero attached hydrogens (tertiary/aromatic N) is 3. The van der Waals surface area contributed by atoms with E-state index in [1.807, 2.05) is 25.3 Å². The van der Waals surface area contributed by atoms with Gasteiger partial charge < -0.3 is 19.8 Å². The van der Waals surface area contributed by atoms with Gasteiger partial charge in [0.2, 0.25) is 0 Å². The Balaban J connectivity index is 0.00000264. The van der Waals surface area contributed by atoms with Gasteiger partial charge in [-0.05, 0) is 32.9 Å². The van der Waals surface area contributed by atoms with E-state index >= 15 is 0 Å². The van der Waals surface area contributed by atoms with Gasteiger partial charge >= 0.3 is 0 Å². The highest BCUT2D eigenvalue weighted by Crippen LogP contribution is 2.09.